The normalized spacial score (nSPS) is 8.00. The highest BCUT2D eigenvalue weighted by Gasteiger charge is 1.74. The first-order valence-corrected chi connectivity index (χ1v) is 3.20. The Balaban J connectivity index is 0.000000490. The summed E-state index contributed by atoms with van der Waals surface area (Å²) in [6.07, 6.45) is 0. The van der Waals surface area contributed by atoms with E-state index < -0.39 is 0 Å². The Morgan fingerprint density at radius 1 is 1.12 bits per heavy atom. The molecular weight excluding hydrogens is 160 g/mol. The van der Waals surface area contributed by atoms with Crippen LogP contribution in [0.15, 0.2) is 0 Å². The molecule has 0 spiro atoms. The van der Waals surface area contributed by atoms with E-state index in [0.29, 0.717) is 7.91 Å². The molecule has 0 unspecified atom stereocenters. The third kappa shape index (κ3) is 1.85. The third-order valence-electron chi connectivity index (χ3n) is 0.452. The minimum atomic E-state index is 0. The van der Waals surface area contributed by atoms with Crippen molar-refractivity contribution in [3.8, 4) is 0 Å². The topological polar surface area (TPSA) is 31.6 Å². The average Bonchev–Trinajstić information content (AvgIpc) is 1.87. The van der Waals surface area contributed by atoms with Gasteiger partial charge < -0.3 is 0 Å². The molecule has 8 heavy (non-hydrogen) atoms. The van der Waals surface area contributed by atoms with Crippen molar-refractivity contribution in [1.29, 1.82) is 0 Å². The zero-order chi connectivity index (χ0) is 5.28. The summed E-state index contributed by atoms with van der Waals surface area (Å²) in [5, 5.41) is 5.34. The van der Waals surface area contributed by atoms with Gasteiger partial charge in [0.05, 0.1) is 0 Å². The van der Waals surface area contributed by atoms with E-state index in [0.717, 1.165) is 0 Å². The van der Waals surface area contributed by atoms with E-state index in [1.807, 2.05) is 0 Å². The predicted octanol–water partition coefficient (Wildman–Crippen LogP) is 2.50. The number of aromatic nitrogens is 2. The van der Waals surface area contributed by atoms with Crippen LogP contribution in [-0.4, -0.2) is 10.2 Å². The van der Waals surface area contributed by atoms with Crippen molar-refractivity contribution in [2.24, 2.45) is 0 Å². The van der Waals surface area contributed by atoms with Gasteiger partial charge in [-0.3, -0.25) is 10.2 Å². The molecule has 2 N–H and O–H groups in total. The van der Waals surface area contributed by atoms with Gasteiger partial charge >= 0.3 is 0 Å². The second-order valence-electron chi connectivity index (χ2n) is 0.927. The summed E-state index contributed by atoms with van der Waals surface area (Å²) >= 11 is 10.8. The summed E-state index contributed by atoms with van der Waals surface area (Å²) in [5.74, 6) is 0. The molecule has 46 valence electrons. The number of H-pyrrole nitrogens is 2. The van der Waals surface area contributed by atoms with E-state index in [1.165, 1.54) is 11.3 Å². The Hall–Kier alpha value is -0.0000000000000000555. The van der Waals surface area contributed by atoms with Crippen molar-refractivity contribution in [1.82, 2.24) is 10.2 Å². The monoisotopic (exact) mass is 166 g/mol. The van der Waals surface area contributed by atoms with Gasteiger partial charge in [-0.2, -0.15) is 0 Å². The van der Waals surface area contributed by atoms with Gasteiger partial charge in [0.15, 0.2) is 7.91 Å². The molecule has 1 rings (SSSR count). The predicted molar refractivity (Wildman–Crippen MR) is 41.4 cm³/mol. The molecule has 1 aromatic heterocycles. The van der Waals surface area contributed by atoms with Gasteiger partial charge in [0, 0.05) is 0 Å². The van der Waals surface area contributed by atoms with Crippen LogP contribution in [0.4, 0.5) is 0 Å². The van der Waals surface area contributed by atoms with Crippen molar-refractivity contribution < 1.29 is 0 Å². The van der Waals surface area contributed by atoms with Crippen LogP contribution in [0.1, 0.15) is 7.43 Å². The Morgan fingerprint density at radius 3 is 1.62 bits per heavy atom. The Labute approximate surface area is 61.6 Å². The van der Waals surface area contributed by atoms with Gasteiger partial charge in [0.1, 0.15) is 0 Å². The molecule has 5 heteroatoms. The van der Waals surface area contributed by atoms with Gasteiger partial charge in [-0.05, 0) is 24.4 Å². The van der Waals surface area contributed by atoms with Crippen LogP contribution in [0.25, 0.3) is 0 Å². The summed E-state index contributed by atoms with van der Waals surface area (Å²) < 4.78 is 1.40. The summed E-state index contributed by atoms with van der Waals surface area (Å²) in [7, 11) is 0. The lowest BCUT2D eigenvalue weighted by atomic mass is 11.6. The lowest BCUT2D eigenvalue weighted by molar-refractivity contribution is 1.07. The molecule has 0 aliphatic rings. The number of nitrogens with one attached hydrogen (secondary N) is 2. The van der Waals surface area contributed by atoms with Gasteiger partial charge in [-0.25, -0.2) is 0 Å². The largest absolute Gasteiger partial charge is 0.281 e. The molecule has 0 aliphatic carbocycles. The van der Waals surface area contributed by atoms with Gasteiger partial charge in [-0.15, -0.1) is 0 Å². The van der Waals surface area contributed by atoms with Crippen LogP contribution < -0.4 is 0 Å². The van der Waals surface area contributed by atoms with Crippen molar-refractivity contribution in [3.05, 3.63) is 7.91 Å². The van der Waals surface area contributed by atoms with Gasteiger partial charge in [-0.1, -0.05) is 18.8 Å². The maximum Gasteiger partial charge on any atom is 0.175 e. The fourth-order valence-corrected chi connectivity index (χ4v) is 1.37. The molecule has 0 atom stereocenters. The smallest absolute Gasteiger partial charge is 0.175 e. The van der Waals surface area contributed by atoms with E-state index in [2.05, 4.69) is 10.2 Å². The lowest BCUT2D eigenvalue weighted by Crippen LogP contribution is -1.60. The highest BCUT2D eigenvalue weighted by atomic mass is 32.2. The van der Waals surface area contributed by atoms with E-state index in [-0.39, 0.29) is 7.43 Å². The molecule has 0 aromatic carbocycles. The fraction of sp³-hybridized carbons (Fsp3) is 0.333. The molecule has 1 aromatic rings. The molecule has 1 heterocycles. The molecule has 2 nitrogen and oxygen atoms in total. The maximum absolute atomic E-state index is 4.70. The molecule has 0 saturated heterocycles. The molecular formula is C3H6N2S3. The second kappa shape index (κ2) is 3.11. The minimum Gasteiger partial charge on any atom is -0.281 e. The number of hydrogen-bond acceptors (Lipinski definition) is 3. The van der Waals surface area contributed by atoms with Crippen molar-refractivity contribution >= 4 is 35.8 Å². The number of hydrogen-bond donors (Lipinski definition) is 2. The Bertz CT molecular complexity index is 217. The van der Waals surface area contributed by atoms with Gasteiger partial charge in [0.2, 0.25) is 0 Å². The summed E-state index contributed by atoms with van der Waals surface area (Å²) in [6.45, 7) is 0. The van der Waals surface area contributed by atoms with Gasteiger partial charge in [0.25, 0.3) is 0 Å². The third-order valence-corrected chi connectivity index (χ3v) is 1.73. The Kier molecular flexibility index (Phi) is 3.11. The summed E-state index contributed by atoms with van der Waals surface area (Å²) in [5.41, 5.74) is 0. The van der Waals surface area contributed by atoms with Crippen molar-refractivity contribution in [3.63, 3.8) is 0 Å². The molecule has 0 bridgehead atoms. The van der Waals surface area contributed by atoms with Crippen LogP contribution >= 0.6 is 35.8 Å². The SMILES string of the molecule is C.S=c1[nH][nH]c(=S)s1. The quantitative estimate of drug-likeness (QED) is 0.580. The van der Waals surface area contributed by atoms with E-state index in [1.54, 1.807) is 0 Å². The molecule has 0 radical (unpaired) electrons. The molecule has 0 aliphatic heterocycles. The highest BCUT2D eigenvalue weighted by molar-refractivity contribution is 7.75. The Morgan fingerprint density at radius 2 is 1.50 bits per heavy atom. The standard InChI is InChI=1S/C2H2N2S3.CH4/c5-1-3-4-2(6)7-1;/h(H,3,5)(H,4,6);1H4. The van der Waals surface area contributed by atoms with Crippen LogP contribution in [0.2, 0.25) is 0 Å². The van der Waals surface area contributed by atoms with E-state index >= 15 is 0 Å². The molecule has 0 amide bonds. The first-order chi connectivity index (χ1) is 3.29. The minimum absolute atomic E-state index is 0. The first-order valence-electron chi connectivity index (χ1n) is 1.57. The zero-order valence-corrected chi connectivity index (χ0v) is 5.67. The van der Waals surface area contributed by atoms with Crippen molar-refractivity contribution in [2.45, 2.75) is 7.43 Å². The highest BCUT2D eigenvalue weighted by Crippen LogP contribution is 1.94. The molecule has 0 fully saturated rings. The average molecular weight is 166 g/mol. The summed E-state index contributed by atoms with van der Waals surface area (Å²) in [4.78, 5) is 0. The second-order valence-corrected chi connectivity index (χ2v) is 3.28. The fourth-order valence-electron chi connectivity index (χ4n) is 0.237. The molecule has 0 saturated carbocycles. The van der Waals surface area contributed by atoms with Crippen molar-refractivity contribution in [2.75, 3.05) is 0 Å². The van der Waals surface area contributed by atoms with E-state index in [4.69, 9.17) is 24.4 Å². The van der Waals surface area contributed by atoms with Crippen LogP contribution in [0.5, 0.6) is 0 Å². The zero-order valence-electron chi connectivity index (χ0n) is 3.22. The lowest BCUT2D eigenvalue weighted by Gasteiger charge is -1.57. The van der Waals surface area contributed by atoms with Crippen LogP contribution in [-0.2, 0) is 0 Å². The van der Waals surface area contributed by atoms with Crippen LogP contribution in [0, 0.1) is 7.91 Å². The summed E-state index contributed by atoms with van der Waals surface area (Å²) in [6, 6.07) is 0. The maximum atomic E-state index is 4.70. The number of aromatic amines is 2. The number of rotatable bonds is 0. The first kappa shape index (κ1) is 8.00. The van der Waals surface area contributed by atoms with Crippen LogP contribution in [0.3, 0.4) is 0 Å². The van der Waals surface area contributed by atoms with E-state index in [9.17, 15) is 0 Å².